The molecule has 2 N–H and O–H groups in total. The monoisotopic (exact) mass is 436 g/mol. The molecule has 3 rings (SSSR count). The van der Waals surface area contributed by atoms with Crippen molar-refractivity contribution < 1.29 is 19.2 Å². The molecule has 0 spiro atoms. The fourth-order valence-electron chi connectivity index (χ4n) is 2.77. The maximum atomic E-state index is 12.9. The Morgan fingerprint density at radius 3 is 2.23 bits per heavy atom. The van der Waals surface area contributed by atoms with Crippen molar-refractivity contribution in [3.63, 3.8) is 0 Å². The van der Waals surface area contributed by atoms with Gasteiger partial charge in [0.1, 0.15) is 5.92 Å². The van der Waals surface area contributed by atoms with E-state index < -0.39 is 17.7 Å². The highest BCUT2D eigenvalue weighted by atomic mass is 35.5. The van der Waals surface area contributed by atoms with Crippen LogP contribution in [0.5, 0.6) is 0 Å². The zero-order valence-corrected chi connectivity index (χ0v) is 17.6. The number of nitrogens with one attached hydrogen (secondary N) is 2. The lowest BCUT2D eigenvalue weighted by Crippen LogP contribution is -2.36. The summed E-state index contributed by atoms with van der Waals surface area (Å²) in [5.74, 6) is -2.52. The molecule has 1 atom stereocenters. The Kier molecular flexibility index (Phi) is 7.54. The van der Waals surface area contributed by atoms with Crippen molar-refractivity contribution in [1.29, 1.82) is 0 Å². The van der Waals surface area contributed by atoms with Crippen LogP contribution >= 0.6 is 11.6 Å². The van der Waals surface area contributed by atoms with Crippen LogP contribution < -0.4 is 10.8 Å². The lowest BCUT2D eigenvalue weighted by molar-refractivity contribution is -0.142. The van der Waals surface area contributed by atoms with Crippen LogP contribution in [-0.2, 0) is 21.0 Å². The van der Waals surface area contributed by atoms with E-state index in [0.717, 1.165) is 5.56 Å². The van der Waals surface area contributed by atoms with E-state index in [4.69, 9.17) is 16.4 Å². The van der Waals surface area contributed by atoms with E-state index in [9.17, 15) is 14.4 Å². The number of halogens is 1. The van der Waals surface area contributed by atoms with Crippen LogP contribution in [0, 0.1) is 5.92 Å². The van der Waals surface area contributed by atoms with Crippen molar-refractivity contribution in [2.24, 2.45) is 5.92 Å². The Balaban J connectivity index is 1.65. The molecule has 3 aromatic rings. The summed E-state index contributed by atoms with van der Waals surface area (Å²) in [5.41, 5.74) is 4.13. The van der Waals surface area contributed by atoms with Gasteiger partial charge >= 0.3 is 0 Å². The third-order valence-corrected chi connectivity index (χ3v) is 4.80. The van der Waals surface area contributed by atoms with Crippen molar-refractivity contribution in [3.8, 4) is 0 Å². The van der Waals surface area contributed by atoms with Gasteiger partial charge in [-0.1, -0.05) is 72.3 Å². The minimum absolute atomic E-state index is 0.174. The number of hydroxylamine groups is 1. The average Bonchev–Trinajstić information content (AvgIpc) is 2.80. The fraction of sp³-hybridized carbons (Fsp3) is 0.125. The predicted octanol–water partition coefficient (Wildman–Crippen LogP) is 4.39. The number of rotatable bonds is 8. The Bertz CT molecular complexity index is 1070. The highest BCUT2D eigenvalue weighted by Gasteiger charge is 2.24. The van der Waals surface area contributed by atoms with Crippen molar-refractivity contribution in [1.82, 2.24) is 5.48 Å². The maximum Gasteiger partial charge on any atom is 0.255 e. The normalized spacial score (nSPS) is 11.4. The molecule has 1 unspecified atom stereocenters. The minimum atomic E-state index is -1.05. The molecule has 6 nitrogen and oxygen atoms in total. The lowest BCUT2D eigenvalue weighted by atomic mass is 10.0. The van der Waals surface area contributed by atoms with Gasteiger partial charge in [-0.3, -0.25) is 19.2 Å². The predicted molar refractivity (Wildman–Crippen MR) is 118 cm³/mol. The third-order valence-electron chi connectivity index (χ3n) is 4.56. The molecule has 0 saturated carbocycles. The van der Waals surface area contributed by atoms with E-state index in [1.165, 1.54) is 19.1 Å². The first kappa shape index (κ1) is 22.2. The second-order valence-electron chi connectivity index (χ2n) is 6.84. The quantitative estimate of drug-likeness (QED) is 0.311. The number of carbonyl (C=O) groups is 3. The number of amides is 2. The van der Waals surface area contributed by atoms with Crippen molar-refractivity contribution >= 4 is 34.9 Å². The molecule has 0 bridgehead atoms. The number of hydrogen-bond donors (Lipinski definition) is 2. The standard InChI is InChI=1S/C24H21ClN2O4/c1-16(24(30)27-31-15-17-8-4-2-5-9-17)23(29)26-21-13-12-19(25)14-20(21)22(28)18-10-6-3-7-11-18/h2-14,16H,15H2,1H3,(H,26,29)(H,27,30). The minimum Gasteiger partial charge on any atom is -0.325 e. The van der Waals surface area contributed by atoms with Crippen molar-refractivity contribution in [2.75, 3.05) is 5.32 Å². The molecule has 0 radical (unpaired) electrons. The first-order valence-electron chi connectivity index (χ1n) is 9.61. The number of hydrogen-bond acceptors (Lipinski definition) is 4. The summed E-state index contributed by atoms with van der Waals surface area (Å²) in [6.07, 6.45) is 0. The van der Waals surface area contributed by atoms with Crippen LogP contribution in [0.25, 0.3) is 0 Å². The first-order valence-corrected chi connectivity index (χ1v) is 9.99. The zero-order chi connectivity index (χ0) is 22.2. The SMILES string of the molecule is CC(C(=O)NOCc1ccccc1)C(=O)Nc1ccc(Cl)cc1C(=O)c1ccccc1. The molecule has 0 fully saturated rings. The molecule has 31 heavy (non-hydrogen) atoms. The largest absolute Gasteiger partial charge is 0.325 e. The Morgan fingerprint density at radius 1 is 0.903 bits per heavy atom. The topological polar surface area (TPSA) is 84.5 Å². The van der Waals surface area contributed by atoms with Gasteiger partial charge in [0.25, 0.3) is 5.91 Å². The lowest BCUT2D eigenvalue weighted by Gasteiger charge is -2.15. The first-order chi connectivity index (χ1) is 15.0. The van der Waals surface area contributed by atoms with Crippen LogP contribution in [0.1, 0.15) is 28.4 Å². The summed E-state index contributed by atoms with van der Waals surface area (Å²) >= 11 is 6.06. The Morgan fingerprint density at radius 2 is 1.55 bits per heavy atom. The molecule has 0 heterocycles. The van der Waals surface area contributed by atoms with E-state index in [1.807, 2.05) is 30.3 Å². The van der Waals surface area contributed by atoms with Crippen LogP contribution in [0.15, 0.2) is 78.9 Å². The zero-order valence-electron chi connectivity index (χ0n) is 16.8. The molecule has 0 aliphatic carbocycles. The van der Waals surface area contributed by atoms with Gasteiger partial charge in [-0.05, 0) is 30.7 Å². The van der Waals surface area contributed by atoms with E-state index in [0.29, 0.717) is 10.6 Å². The van der Waals surface area contributed by atoms with Gasteiger partial charge in [-0.25, -0.2) is 5.48 Å². The highest BCUT2D eigenvalue weighted by Crippen LogP contribution is 2.24. The van der Waals surface area contributed by atoms with Crippen molar-refractivity contribution in [2.45, 2.75) is 13.5 Å². The summed E-state index contributed by atoms with van der Waals surface area (Å²) in [5, 5.41) is 3.00. The second-order valence-corrected chi connectivity index (χ2v) is 7.27. The third kappa shape index (κ3) is 6.01. The van der Waals surface area contributed by atoms with E-state index in [1.54, 1.807) is 36.4 Å². The fourth-order valence-corrected chi connectivity index (χ4v) is 2.94. The molecule has 0 aliphatic heterocycles. The van der Waals surface area contributed by atoms with E-state index >= 15 is 0 Å². The summed E-state index contributed by atoms with van der Waals surface area (Å²) in [6.45, 7) is 1.62. The maximum absolute atomic E-state index is 12.9. The number of anilines is 1. The van der Waals surface area contributed by atoms with Gasteiger partial charge < -0.3 is 5.32 Å². The number of carbonyl (C=O) groups excluding carboxylic acids is 3. The molecule has 0 aliphatic rings. The molecule has 3 aromatic carbocycles. The molecular weight excluding hydrogens is 416 g/mol. The molecular formula is C24H21ClN2O4. The smallest absolute Gasteiger partial charge is 0.255 e. The van der Waals surface area contributed by atoms with Crippen LogP contribution in [0.2, 0.25) is 5.02 Å². The molecule has 0 aromatic heterocycles. The van der Waals surface area contributed by atoms with E-state index in [2.05, 4.69) is 10.8 Å². The average molecular weight is 437 g/mol. The van der Waals surface area contributed by atoms with Gasteiger partial charge in [0, 0.05) is 16.1 Å². The Hall–Kier alpha value is -3.48. The molecule has 7 heteroatoms. The highest BCUT2D eigenvalue weighted by molar-refractivity contribution is 6.31. The van der Waals surface area contributed by atoms with E-state index in [-0.39, 0.29) is 23.6 Å². The summed E-state index contributed by atoms with van der Waals surface area (Å²) in [6, 6.07) is 22.5. The number of ketones is 1. The summed E-state index contributed by atoms with van der Waals surface area (Å²) in [4.78, 5) is 42.9. The molecule has 158 valence electrons. The van der Waals surface area contributed by atoms with Crippen LogP contribution in [-0.4, -0.2) is 17.6 Å². The van der Waals surface area contributed by atoms with Gasteiger partial charge in [-0.15, -0.1) is 0 Å². The molecule has 2 amide bonds. The summed E-state index contributed by atoms with van der Waals surface area (Å²) < 4.78 is 0. The number of benzene rings is 3. The van der Waals surface area contributed by atoms with Gasteiger partial charge in [-0.2, -0.15) is 0 Å². The van der Waals surface area contributed by atoms with Gasteiger partial charge in [0.15, 0.2) is 5.78 Å². The Labute approximate surface area is 185 Å². The van der Waals surface area contributed by atoms with Gasteiger partial charge in [0.05, 0.1) is 12.3 Å². The van der Waals surface area contributed by atoms with Gasteiger partial charge in [0.2, 0.25) is 5.91 Å². The van der Waals surface area contributed by atoms with Crippen LogP contribution in [0.3, 0.4) is 0 Å². The molecule has 0 saturated heterocycles. The summed E-state index contributed by atoms with van der Waals surface area (Å²) in [7, 11) is 0. The second kappa shape index (κ2) is 10.5. The van der Waals surface area contributed by atoms with Crippen LogP contribution in [0.4, 0.5) is 5.69 Å². The van der Waals surface area contributed by atoms with Crippen molar-refractivity contribution in [3.05, 3.63) is 101 Å².